The Morgan fingerprint density at radius 1 is 1.00 bits per heavy atom. The second kappa shape index (κ2) is 10.6. The Labute approximate surface area is 208 Å². The molecule has 3 aromatic rings. The van der Waals surface area contributed by atoms with Gasteiger partial charge in [-0.15, -0.1) is 0 Å². The summed E-state index contributed by atoms with van der Waals surface area (Å²) >= 11 is 0. The van der Waals surface area contributed by atoms with Crippen LogP contribution in [0.1, 0.15) is 35.5 Å². The lowest BCUT2D eigenvalue weighted by Gasteiger charge is -2.24. The number of benzene rings is 2. The first-order chi connectivity index (χ1) is 16.9. The van der Waals surface area contributed by atoms with E-state index in [9.17, 15) is 23.4 Å². The summed E-state index contributed by atoms with van der Waals surface area (Å²) in [6.45, 7) is 1.91. The Hall–Kier alpha value is -3.48. The number of sulfonamides is 1. The predicted molar refractivity (Wildman–Crippen MR) is 128 cm³/mol. The molecule has 194 valence electrons. The van der Waals surface area contributed by atoms with Crippen LogP contribution in [0.25, 0.3) is 0 Å². The number of halogens is 1. The van der Waals surface area contributed by atoms with Crippen molar-refractivity contribution in [1.29, 1.82) is 0 Å². The third kappa shape index (κ3) is 5.50. The molecule has 0 fully saturated rings. The summed E-state index contributed by atoms with van der Waals surface area (Å²) in [6.07, 6.45) is 0. The van der Waals surface area contributed by atoms with Crippen LogP contribution < -0.4 is 9.47 Å². The highest BCUT2D eigenvalue weighted by atomic mass is 32.2. The normalized spacial score (nSPS) is 12.1. The zero-order chi connectivity index (χ0) is 26.7. The molecule has 10 nitrogen and oxygen atoms in total. The fourth-order valence-corrected chi connectivity index (χ4v) is 4.84. The molecular formula is C24H28FN3O7S. The van der Waals surface area contributed by atoms with Crippen LogP contribution in [0.3, 0.4) is 0 Å². The summed E-state index contributed by atoms with van der Waals surface area (Å²) in [5, 5.41) is 22.1. The number of carbonyl (C=O) groups is 1. The van der Waals surface area contributed by atoms with Crippen molar-refractivity contribution in [1.82, 2.24) is 14.1 Å². The van der Waals surface area contributed by atoms with Crippen molar-refractivity contribution in [3.63, 3.8) is 0 Å². The van der Waals surface area contributed by atoms with Gasteiger partial charge >= 0.3 is 5.97 Å². The highest BCUT2D eigenvalue weighted by molar-refractivity contribution is 7.89. The minimum absolute atomic E-state index is 0.156. The molecule has 3 rings (SSSR count). The van der Waals surface area contributed by atoms with Gasteiger partial charge in [0.2, 0.25) is 5.03 Å². The fourth-order valence-electron chi connectivity index (χ4n) is 3.45. The maximum atomic E-state index is 15.4. The first kappa shape index (κ1) is 27.1. The third-order valence-electron chi connectivity index (χ3n) is 5.58. The Balaban J connectivity index is 2.12. The van der Waals surface area contributed by atoms with Gasteiger partial charge in [-0.05, 0) is 49.2 Å². The van der Waals surface area contributed by atoms with Crippen molar-refractivity contribution >= 4 is 16.0 Å². The second-order valence-electron chi connectivity index (χ2n) is 8.62. The number of carboxylic acids is 1. The van der Waals surface area contributed by atoms with Gasteiger partial charge in [0.15, 0.2) is 11.5 Å². The molecule has 0 bridgehead atoms. The number of methoxy groups -OCH3 is 2. The molecule has 0 amide bonds. The summed E-state index contributed by atoms with van der Waals surface area (Å²) in [6, 6.07) is 13.3. The SMILES string of the molecule is COc1ccc(CN(Cc2ccc(OC)cc2)S(=O)(=O)c2nn(C(C)(C)CO)c(C(=O)O)c2F)cc1. The molecule has 1 aromatic heterocycles. The molecule has 2 N–H and O–H groups in total. The summed E-state index contributed by atoms with van der Waals surface area (Å²) in [7, 11) is -1.64. The van der Waals surface area contributed by atoms with Crippen LogP contribution in [-0.2, 0) is 28.7 Å². The average molecular weight is 522 g/mol. The number of hydrogen-bond acceptors (Lipinski definition) is 7. The standard InChI is InChI=1S/C24H28FN3O7S/c1-24(2,15-29)28-21(23(30)31)20(25)22(26-28)36(32,33)27(13-16-5-9-18(34-3)10-6-16)14-17-7-11-19(35-4)12-8-17/h5-12,29H,13-15H2,1-4H3,(H,30,31). The van der Waals surface area contributed by atoms with Crippen LogP contribution in [0.15, 0.2) is 53.6 Å². The molecule has 0 aliphatic heterocycles. The highest BCUT2D eigenvalue weighted by Crippen LogP contribution is 2.28. The Morgan fingerprint density at radius 3 is 1.81 bits per heavy atom. The Morgan fingerprint density at radius 2 is 1.44 bits per heavy atom. The maximum Gasteiger partial charge on any atom is 0.357 e. The molecule has 12 heteroatoms. The van der Waals surface area contributed by atoms with Crippen LogP contribution in [0.2, 0.25) is 0 Å². The number of aliphatic hydroxyl groups excluding tert-OH is 1. The molecule has 2 aromatic carbocycles. The van der Waals surface area contributed by atoms with E-state index in [2.05, 4.69) is 5.10 Å². The number of ether oxygens (including phenoxy) is 2. The minimum atomic E-state index is -4.64. The summed E-state index contributed by atoms with van der Waals surface area (Å²) in [4.78, 5) is 11.8. The molecule has 0 saturated heterocycles. The van der Waals surface area contributed by atoms with Gasteiger partial charge in [-0.1, -0.05) is 24.3 Å². The summed E-state index contributed by atoms with van der Waals surface area (Å²) < 4.78 is 54.8. The molecular weight excluding hydrogens is 493 g/mol. The lowest BCUT2D eigenvalue weighted by molar-refractivity contribution is 0.0654. The Bertz CT molecular complexity index is 1270. The van der Waals surface area contributed by atoms with E-state index in [-0.39, 0.29) is 13.1 Å². The number of aromatic carboxylic acids is 1. The van der Waals surface area contributed by atoms with E-state index in [4.69, 9.17) is 9.47 Å². The molecule has 0 atom stereocenters. The average Bonchev–Trinajstić information content (AvgIpc) is 3.23. The van der Waals surface area contributed by atoms with E-state index in [0.717, 1.165) is 4.31 Å². The molecule has 0 aliphatic rings. The van der Waals surface area contributed by atoms with Gasteiger partial charge in [0.1, 0.15) is 11.5 Å². The molecule has 0 aliphatic carbocycles. The van der Waals surface area contributed by atoms with Gasteiger partial charge in [0.05, 0.1) is 26.4 Å². The van der Waals surface area contributed by atoms with Gasteiger partial charge in [0, 0.05) is 13.1 Å². The quantitative estimate of drug-likeness (QED) is 0.394. The molecule has 0 radical (unpaired) electrons. The highest BCUT2D eigenvalue weighted by Gasteiger charge is 2.39. The van der Waals surface area contributed by atoms with Crippen molar-refractivity contribution in [2.75, 3.05) is 20.8 Å². The van der Waals surface area contributed by atoms with Crippen molar-refractivity contribution in [3.8, 4) is 11.5 Å². The number of aliphatic hydroxyl groups is 1. The minimum Gasteiger partial charge on any atom is -0.497 e. The molecule has 36 heavy (non-hydrogen) atoms. The zero-order valence-electron chi connectivity index (χ0n) is 20.3. The van der Waals surface area contributed by atoms with Crippen LogP contribution in [0, 0.1) is 5.82 Å². The van der Waals surface area contributed by atoms with E-state index in [0.29, 0.717) is 27.3 Å². The molecule has 0 spiro atoms. The monoisotopic (exact) mass is 521 g/mol. The lowest BCUT2D eigenvalue weighted by atomic mass is 10.1. The number of aromatic nitrogens is 2. The largest absolute Gasteiger partial charge is 0.497 e. The van der Waals surface area contributed by atoms with Crippen LogP contribution >= 0.6 is 0 Å². The topological polar surface area (TPSA) is 131 Å². The number of nitrogens with zero attached hydrogens (tertiary/aromatic N) is 3. The number of hydrogen-bond donors (Lipinski definition) is 2. The predicted octanol–water partition coefficient (Wildman–Crippen LogP) is 2.86. The smallest absolute Gasteiger partial charge is 0.357 e. The molecule has 0 unspecified atom stereocenters. The van der Waals surface area contributed by atoms with E-state index in [1.807, 2.05) is 0 Å². The van der Waals surface area contributed by atoms with Gasteiger partial charge in [-0.25, -0.2) is 22.3 Å². The zero-order valence-corrected chi connectivity index (χ0v) is 21.1. The summed E-state index contributed by atoms with van der Waals surface area (Å²) in [5.74, 6) is -2.06. The Kier molecular flexibility index (Phi) is 8.02. The van der Waals surface area contributed by atoms with Crippen LogP contribution in [0.4, 0.5) is 4.39 Å². The first-order valence-electron chi connectivity index (χ1n) is 10.8. The van der Waals surface area contributed by atoms with Crippen LogP contribution in [0.5, 0.6) is 11.5 Å². The van der Waals surface area contributed by atoms with E-state index < -0.39 is 44.7 Å². The van der Waals surface area contributed by atoms with Gasteiger partial charge in [0.25, 0.3) is 10.0 Å². The third-order valence-corrected chi connectivity index (χ3v) is 7.27. The molecule has 1 heterocycles. The van der Waals surface area contributed by atoms with E-state index in [1.54, 1.807) is 48.5 Å². The number of rotatable bonds is 11. The van der Waals surface area contributed by atoms with Crippen LogP contribution in [-0.4, -0.2) is 59.5 Å². The summed E-state index contributed by atoms with van der Waals surface area (Å²) in [5.41, 5.74) is -1.16. The van der Waals surface area contributed by atoms with Crippen molar-refractivity contribution < 1.29 is 37.3 Å². The van der Waals surface area contributed by atoms with Crippen molar-refractivity contribution in [3.05, 3.63) is 71.2 Å². The molecule has 0 saturated carbocycles. The second-order valence-corrected chi connectivity index (χ2v) is 10.5. The van der Waals surface area contributed by atoms with E-state index in [1.165, 1.54) is 28.1 Å². The number of carboxylic acid groups (broad SMARTS) is 1. The fraction of sp³-hybridized carbons (Fsp3) is 0.333. The van der Waals surface area contributed by atoms with Gasteiger partial charge in [-0.3, -0.25) is 0 Å². The maximum absolute atomic E-state index is 15.4. The van der Waals surface area contributed by atoms with Gasteiger partial charge < -0.3 is 19.7 Å². The first-order valence-corrected chi connectivity index (χ1v) is 12.3. The van der Waals surface area contributed by atoms with Crippen molar-refractivity contribution in [2.24, 2.45) is 0 Å². The van der Waals surface area contributed by atoms with Crippen molar-refractivity contribution in [2.45, 2.75) is 37.5 Å². The lowest BCUT2D eigenvalue weighted by Crippen LogP contribution is -2.35. The van der Waals surface area contributed by atoms with Gasteiger partial charge in [-0.2, -0.15) is 9.40 Å². The van der Waals surface area contributed by atoms with E-state index >= 15 is 4.39 Å².